The molecule has 0 aliphatic heterocycles. The molecule has 0 unspecified atom stereocenters. The van der Waals surface area contributed by atoms with Gasteiger partial charge >= 0.3 is 0 Å². The fourth-order valence-corrected chi connectivity index (χ4v) is 2.69. The van der Waals surface area contributed by atoms with E-state index in [1.54, 1.807) is 12.1 Å². The zero-order valence-electron chi connectivity index (χ0n) is 10.5. The van der Waals surface area contributed by atoms with Crippen LogP contribution in [0.5, 0.6) is 0 Å². The number of nitrogens with zero attached hydrogens (tertiary/aromatic N) is 2. The average molecular weight is 284 g/mol. The Bertz CT molecular complexity index is 631. The summed E-state index contributed by atoms with van der Waals surface area (Å²) in [4.78, 5) is -0.00694. The number of nitrogen functional groups attached to an aromatic ring is 1. The number of nitrogens with two attached hydrogens (primary N) is 1. The van der Waals surface area contributed by atoms with Crippen molar-refractivity contribution in [3.05, 3.63) is 30.4 Å². The summed E-state index contributed by atoms with van der Waals surface area (Å²) in [6, 6.07) is 3.38. The van der Waals surface area contributed by atoms with E-state index in [-0.39, 0.29) is 17.3 Å². The number of sulfonamides is 1. The Balaban J connectivity index is 2.15. The van der Waals surface area contributed by atoms with Gasteiger partial charge < -0.3 is 10.2 Å². The minimum Gasteiger partial charge on any atom is -0.468 e. The van der Waals surface area contributed by atoms with Gasteiger partial charge in [-0.25, -0.2) is 17.8 Å². The van der Waals surface area contributed by atoms with E-state index in [2.05, 4.69) is 9.82 Å². The lowest BCUT2D eigenvalue weighted by atomic mass is 10.5. The average Bonchev–Trinajstić information content (AvgIpc) is 2.99. The highest BCUT2D eigenvalue weighted by atomic mass is 32.2. The molecular formula is C11H16N4O3S. The van der Waals surface area contributed by atoms with E-state index in [4.69, 9.17) is 10.2 Å². The Kier molecular flexibility index (Phi) is 3.91. The molecule has 2 aromatic heterocycles. The van der Waals surface area contributed by atoms with E-state index >= 15 is 0 Å². The molecule has 0 fully saturated rings. The molecule has 0 saturated heterocycles. The van der Waals surface area contributed by atoms with Crippen LogP contribution in [0.25, 0.3) is 0 Å². The van der Waals surface area contributed by atoms with Crippen LogP contribution in [0, 0.1) is 0 Å². The fourth-order valence-electron chi connectivity index (χ4n) is 1.63. The Hall–Kier alpha value is -1.80. The summed E-state index contributed by atoms with van der Waals surface area (Å²) < 4.78 is 33.1. The Morgan fingerprint density at radius 2 is 2.32 bits per heavy atom. The highest BCUT2D eigenvalue weighted by molar-refractivity contribution is 7.89. The normalized spacial score (nSPS) is 11.8. The van der Waals surface area contributed by atoms with Crippen molar-refractivity contribution in [2.45, 2.75) is 31.3 Å². The van der Waals surface area contributed by atoms with Gasteiger partial charge in [-0.2, -0.15) is 5.10 Å². The first-order valence-electron chi connectivity index (χ1n) is 5.88. The SMILES string of the molecule is CCCn1ncc(S(=O)(=O)NCc2ccco2)c1N. The third-order valence-corrected chi connectivity index (χ3v) is 4.00. The first-order valence-corrected chi connectivity index (χ1v) is 7.36. The molecule has 0 aliphatic carbocycles. The first-order chi connectivity index (χ1) is 9.04. The second-order valence-corrected chi connectivity index (χ2v) is 5.76. The van der Waals surface area contributed by atoms with Gasteiger partial charge in [-0.1, -0.05) is 6.92 Å². The third-order valence-electron chi connectivity index (χ3n) is 2.59. The van der Waals surface area contributed by atoms with Crippen molar-refractivity contribution >= 4 is 15.8 Å². The number of aromatic nitrogens is 2. The quantitative estimate of drug-likeness (QED) is 0.822. The molecule has 0 atom stereocenters. The molecule has 0 spiro atoms. The minimum absolute atomic E-state index is 0.00694. The highest BCUT2D eigenvalue weighted by Gasteiger charge is 2.21. The van der Waals surface area contributed by atoms with Gasteiger partial charge in [0.05, 0.1) is 19.0 Å². The molecule has 0 radical (unpaired) electrons. The molecule has 0 aromatic carbocycles. The molecule has 0 bridgehead atoms. The number of rotatable bonds is 6. The highest BCUT2D eigenvalue weighted by Crippen LogP contribution is 2.18. The zero-order valence-corrected chi connectivity index (χ0v) is 11.4. The second kappa shape index (κ2) is 5.45. The Morgan fingerprint density at radius 1 is 1.53 bits per heavy atom. The van der Waals surface area contributed by atoms with Crippen molar-refractivity contribution < 1.29 is 12.8 Å². The zero-order chi connectivity index (χ0) is 13.9. The number of anilines is 1. The van der Waals surface area contributed by atoms with Crippen molar-refractivity contribution in [3.63, 3.8) is 0 Å². The van der Waals surface area contributed by atoms with E-state index in [1.165, 1.54) is 17.1 Å². The predicted molar refractivity (Wildman–Crippen MR) is 69.7 cm³/mol. The lowest BCUT2D eigenvalue weighted by Crippen LogP contribution is -2.23. The van der Waals surface area contributed by atoms with E-state index in [0.29, 0.717) is 12.3 Å². The summed E-state index contributed by atoms with van der Waals surface area (Å²) in [5.74, 6) is 0.678. The topological polar surface area (TPSA) is 103 Å². The molecule has 2 aromatic rings. The van der Waals surface area contributed by atoms with Gasteiger partial charge in [0.25, 0.3) is 0 Å². The van der Waals surface area contributed by atoms with Gasteiger partial charge in [-0.05, 0) is 18.6 Å². The summed E-state index contributed by atoms with van der Waals surface area (Å²) >= 11 is 0. The number of hydrogen-bond donors (Lipinski definition) is 2. The molecule has 0 amide bonds. The van der Waals surface area contributed by atoms with Crippen molar-refractivity contribution in [2.24, 2.45) is 0 Å². The molecule has 8 heteroatoms. The van der Waals surface area contributed by atoms with Crippen LogP contribution in [0.4, 0.5) is 5.82 Å². The van der Waals surface area contributed by atoms with E-state index in [9.17, 15) is 8.42 Å². The second-order valence-electron chi connectivity index (χ2n) is 4.02. The van der Waals surface area contributed by atoms with Crippen molar-refractivity contribution in [3.8, 4) is 0 Å². The summed E-state index contributed by atoms with van der Waals surface area (Å²) in [5.41, 5.74) is 5.78. The minimum atomic E-state index is -3.68. The first kappa shape index (κ1) is 13.6. The monoisotopic (exact) mass is 284 g/mol. The number of nitrogens with one attached hydrogen (secondary N) is 1. The summed E-state index contributed by atoms with van der Waals surface area (Å²) in [6.07, 6.45) is 3.57. The van der Waals surface area contributed by atoms with E-state index in [1.807, 2.05) is 6.92 Å². The Labute approximate surface area is 111 Å². The van der Waals surface area contributed by atoms with Crippen LogP contribution >= 0.6 is 0 Å². The van der Waals surface area contributed by atoms with Crippen LogP contribution in [0.1, 0.15) is 19.1 Å². The maximum Gasteiger partial charge on any atom is 0.246 e. The van der Waals surface area contributed by atoms with Gasteiger partial charge in [-0.3, -0.25) is 0 Å². The van der Waals surface area contributed by atoms with Crippen LogP contribution < -0.4 is 10.5 Å². The number of aryl methyl sites for hydroxylation is 1. The fraction of sp³-hybridized carbons (Fsp3) is 0.364. The molecule has 19 heavy (non-hydrogen) atoms. The lowest BCUT2D eigenvalue weighted by molar-refractivity contribution is 0.498. The van der Waals surface area contributed by atoms with Crippen molar-refractivity contribution in [1.29, 1.82) is 0 Å². The van der Waals surface area contributed by atoms with Crippen LogP contribution in [0.2, 0.25) is 0 Å². The van der Waals surface area contributed by atoms with Gasteiger partial charge in [-0.15, -0.1) is 0 Å². The standard InChI is InChI=1S/C11H16N4O3S/c1-2-5-15-11(12)10(8-13-15)19(16,17)14-7-9-4-3-6-18-9/h3-4,6,8,14H,2,5,7,12H2,1H3. The number of furan rings is 1. The maximum absolute atomic E-state index is 12.1. The van der Waals surface area contributed by atoms with Crippen LogP contribution in [-0.2, 0) is 23.1 Å². The van der Waals surface area contributed by atoms with Crippen LogP contribution in [0.3, 0.4) is 0 Å². The van der Waals surface area contributed by atoms with Crippen molar-refractivity contribution in [1.82, 2.24) is 14.5 Å². The predicted octanol–water partition coefficient (Wildman–Crippen LogP) is 0.947. The van der Waals surface area contributed by atoms with Crippen LogP contribution in [-0.4, -0.2) is 18.2 Å². The van der Waals surface area contributed by atoms with Gasteiger partial charge in [0.2, 0.25) is 10.0 Å². The molecule has 2 heterocycles. The smallest absolute Gasteiger partial charge is 0.246 e. The summed E-state index contributed by atoms with van der Waals surface area (Å²) in [7, 11) is -3.68. The van der Waals surface area contributed by atoms with E-state index in [0.717, 1.165) is 6.42 Å². The molecule has 2 rings (SSSR count). The van der Waals surface area contributed by atoms with Crippen LogP contribution in [0.15, 0.2) is 33.9 Å². The number of hydrogen-bond acceptors (Lipinski definition) is 5. The molecule has 7 nitrogen and oxygen atoms in total. The third kappa shape index (κ3) is 2.96. The summed E-state index contributed by atoms with van der Waals surface area (Å²) in [5, 5.41) is 3.97. The molecule has 0 aliphatic rings. The van der Waals surface area contributed by atoms with E-state index < -0.39 is 10.0 Å². The van der Waals surface area contributed by atoms with Gasteiger partial charge in [0.1, 0.15) is 16.5 Å². The van der Waals surface area contributed by atoms with Crippen molar-refractivity contribution in [2.75, 3.05) is 5.73 Å². The van der Waals surface area contributed by atoms with Gasteiger partial charge in [0, 0.05) is 6.54 Å². The van der Waals surface area contributed by atoms with Gasteiger partial charge in [0.15, 0.2) is 0 Å². The largest absolute Gasteiger partial charge is 0.468 e. The molecular weight excluding hydrogens is 268 g/mol. The molecule has 0 saturated carbocycles. The molecule has 104 valence electrons. The Morgan fingerprint density at radius 3 is 2.95 bits per heavy atom. The summed E-state index contributed by atoms with van der Waals surface area (Å²) in [6.45, 7) is 2.62. The molecule has 3 N–H and O–H groups in total. The maximum atomic E-state index is 12.1. The lowest BCUT2D eigenvalue weighted by Gasteiger charge is -2.05.